The Bertz CT molecular complexity index is 324. The summed E-state index contributed by atoms with van der Waals surface area (Å²) in [7, 11) is 0. The van der Waals surface area contributed by atoms with Crippen molar-refractivity contribution in [3.63, 3.8) is 0 Å². The molecule has 0 fully saturated rings. The molecule has 0 amide bonds. The lowest BCUT2D eigenvalue weighted by atomic mass is 10.1. The van der Waals surface area contributed by atoms with Crippen molar-refractivity contribution >= 4 is 11.8 Å². The van der Waals surface area contributed by atoms with Gasteiger partial charge in [-0.3, -0.25) is 0 Å². The zero-order valence-corrected chi connectivity index (χ0v) is 13.2. The molecule has 0 saturated carbocycles. The van der Waals surface area contributed by atoms with Crippen molar-refractivity contribution in [3.05, 3.63) is 24.3 Å². The standard InChI is InChI=1S/C17H28O2S/c18-14-8-6-4-2-1-3-5-7-9-15-20-17-12-10-16(19)11-13-17/h10-13,18-19H,1-9,14-15H2. The molecule has 1 aromatic rings. The van der Waals surface area contributed by atoms with Gasteiger partial charge in [0.1, 0.15) is 5.75 Å². The summed E-state index contributed by atoms with van der Waals surface area (Å²) in [5.74, 6) is 1.51. The number of phenolic OH excluding ortho intramolecular Hbond substituents is 1. The molecule has 0 unspecified atom stereocenters. The van der Waals surface area contributed by atoms with Crippen LogP contribution < -0.4 is 0 Å². The first-order chi connectivity index (χ1) is 9.83. The second-order valence-electron chi connectivity index (χ2n) is 5.25. The Labute approximate surface area is 127 Å². The SMILES string of the molecule is OCCCCCCCCCCCSc1ccc(O)cc1. The molecule has 0 aliphatic heterocycles. The minimum absolute atomic E-state index is 0.341. The normalized spacial score (nSPS) is 10.8. The largest absolute Gasteiger partial charge is 0.508 e. The molecule has 0 saturated heterocycles. The third kappa shape index (κ3) is 9.27. The molecule has 0 heterocycles. The van der Waals surface area contributed by atoms with Gasteiger partial charge in [-0.15, -0.1) is 11.8 Å². The summed E-state index contributed by atoms with van der Waals surface area (Å²) in [5, 5.41) is 17.9. The quantitative estimate of drug-likeness (QED) is 0.422. The van der Waals surface area contributed by atoms with E-state index in [-0.39, 0.29) is 0 Å². The van der Waals surface area contributed by atoms with E-state index in [2.05, 4.69) is 0 Å². The summed E-state index contributed by atoms with van der Waals surface area (Å²) in [5.41, 5.74) is 0. The summed E-state index contributed by atoms with van der Waals surface area (Å²) in [6.45, 7) is 0.346. The Balaban J connectivity index is 1.84. The van der Waals surface area contributed by atoms with Crippen molar-refractivity contribution < 1.29 is 10.2 Å². The van der Waals surface area contributed by atoms with Crippen LogP contribution in [0.5, 0.6) is 5.75 Å². The Kier molecular flexibility index (Phi) is 10.5. The first-order valence-electron chi connectivity index (χ1n) is 7.85. The molecular weight excluding hydrogens is 268 g/mol. The molecule has 0 aromatic heterocycles. The summed E-state index contributed by atoms with van der Waals surface area (Å²) >= 11 is 1.87. The number of aromatic hydroxyl groups is 1. The highest BCUT2D eigenvalue weighted by molar-refractivity contribution is 7.99. The van der Waals surface area contributed by atoms with E-state index in [0.29, 0.717) is 12.4 Å². The van der Waals surface area contributed by atoms with E-state index in [4.69, 9.17) is 5.11 Å². The van der Waals surface area contributed by atoms with Crippen molar-refractivity contribution in [2.45, 2.75) is 62.7 Å². The average Bonchev–Trinajstić information content (AvgIpc) is 2.47. The minimum Gasteiger partial charge on any atom is -0.508 e. The Morgan fingerprint density at radius 2 is 1.20 bits per heavy atom. The number of aliphatic hydroxyl groups excluding tert-OH is 1. The van der Waals surface area contributed by atoms with Crippen LogP contribution in [0.15, 0.2) is 29.2 Å². The van der Waals surface area contributed by atoms with Gasteiger partial charge in [0, 0.05) is 11.5 Å². The summed E-state index contributed by atoms with van der Waals surface area (Å²) < 4.78 is 0. The summed E-state index contributed by atoms with van der Waals surface area (Å²) in [4.78, 5) is 1.24. The number of phenols is 1. The molecule has 114 valence electrons. The fourth-order valence-electron chi connectivity index (χ4n) is 2.18. The minimum atomic E-state index is 0.341. The number of thioether (sulfide) groups is 1. The molecule has 20 heavy (non-hydrogen) atoms. The van der Waals surface area contributed by atoms with E-state index in [1.807, 2.05) is 23.9 Å². The molecule has 1 rings (SSSR count). The Morgan fingerprint density at radius 1 is 0.700 bits per heavy atom. The lowest BCUT2D eigenvalue weighted by molar-refractivity contribution is 0.282. The monoisotopic (exact) mass is 296 g/mol. The van der Waals surface area contributed by atoms with Crippen LogP contribution in [0.3, 0.4) is 0 Å². The second kappa shape index (κ2) is 12.1. The average molecular weight is 296 g/mol. The molecule has 3 heteroatoms. The maximum absolute atomic E-state index is 9.20. The molecule has 1 aromatic carbocycles. The van der Waals surface area contributed by atoms with Crippen LogP contribution in [-0.4, -0.2) is 22.6 Å². The van der Waals surface area contributed by atoms with Gasteiger partial charge in [0.15, 0.2) is 0 Å². The maximum Gasteiger partial charge on any atom is 0.115 e. The first-order valence-corrected chi connectivity index (χ1v) is 8.84. The molecule has 0 aliphatic carbocycles. The van der Waals surface area contributed by atoms with Crippen LogP contribution in [0.1, 0.15) is 57.8 Å². The summed E-state index contributed by atoms with van der Waals surface area (Å²) in [6, 6.07) is 7.46. The number of hydrogen-bond donors (Lipinski definition) is 2. The molecule has 2 nitrogen and oxygen atoms in total. The van der Waals surface area contributed by atoms with Crippen molar-refractivity contribution in [2.75, 3.05) is 12.4 Å². The van der Waals surface area contributed by atoms with E-state index in [0.717, 1.165) is 6.42 Å². The van der Waals surface area contributed by atoms with Crippen LogP contribution in [0, 0.1) is 0 Å². The predicted molar refractivity (Wildman–Crippen MR) is 87.5 cm³/mol. The number of aliphatic hydroxyl groups is 1. The first kappa shape index (κ1) is 17.4. The van der Waals surface area contributed by atoms with Gasteiger partial charge in [-0.25, -0.2) is 0 Å². The highest BCUT2D eigenvalue weighted by Crippen LogP contribution is 2.22. The van der Waals surface area contributed by atoms with Crippen molar-refractivity contribution in [1.82, 2.24) is 0 Å². The van der Waals surface area contributed by atoms with E-state index < -0.39 is 0 Å². The third-order valence-corrected chi connectivity index (χ3v) is 4.51. The molecule has 0 aliphatic rings. The van der Waals surface area contributed by atoms with Crippen LogP contribution in [0.25, 0.3) is 0 Å². The maximum atomic E-state index is 9.20. The van der Waals surface area contributed by atoms with E-state index in [9.17, 15) is 5.11 Å². The molecule has 0 spiro atoms. The van der Waals surface area contributed by atoms with Gasteiger partial charge in [-0.1, -0.05) is 44.9 Å². The molecule has 0 bridgehead atoms. The fourth-order valence-corrected chi connectivity index (χ4v) is 3.10. The summed E-state index contributed by atoms with van der Waals surface area (Å²) in [6.07, 6.45) is 11.4. The van der Waals surface area contributed by atoms with Gasteiger partial charge in [-0.2, -0.15) is 0 Å². The van der Waals surface area contributed by atoms with Gasteiger partial charge in [0.25, 0.3) is 0 Å². The fraction of sp³-hybridized carbons (Fsp3) is 0.647. The van der Waals surface area contributed by atoms with Gasteiger partial charge < -0.3 is 10.2 Å². The van der Waals surface area contributed by atoms with Crippen molar-refractivity contribution in [1.29, 1.82) is 0 Å². The lowest BCUT2D eigenvalue weighted by Gasteiger charge is -2.03. The van der Waals surface area contributed by atoms with Gasteiger partial charge in [0.2, 0.25) is 0 Å². The van der Waals surface area contributed by atoms with Gasteiger partial charge in [0.05, 0.1) is 0 Å². The molecule has 0 radical (unpaired) electrons. The molecular formula is C17H28O2S. The number of rotatable bonds is 12. The number of unbranched alkanes of at least 4 members (excludes halogenated alkanes) is 8. The van der Waals surface area contributed by atoms with Gasteiger partial charge in [-0.05, 0) is 42.9 Å². The highest BCUT2D eigenvalue weighted by atomic mass is 32.2. The van der Waals surface area contributed by atoms with E-state index in [1.54, 1.807) is 12.1 Å². The second-order valence-corrected chi connectivity index (χ2v) is 6.42. The zero-order valence-electron chi connectivity index (χ0n) is 12.4. The third-order valence-electron chi connectivity index (χ3n) is 3.41. The smallest absolute Gasteiger partial charge is 0.115 e. The van der Waals surface area contributed by atoms with Crippen LogP contribution in [0.4, 0.5) is 0 Å². The lowest BCUT2D eigenvalue weighted by Crippen LogP contribution is -1.85. The van der Waals surface area contributed by atoms with Crippen LogP contribution in [-0.2, 0) is 0 Å². The zero-order chi connectivity index (χ0) is 14.5. The number of hydrogen-bond acceptors (Lipinski definition) is 3. The molecule has 0 atom stereocenters. The van der Waals surface area contributed by atoms with E-state index in [1.165, 1.54) is 62.0 Å². The molecule has 2 N–H and O–H groups in total. The van der Waals surface area contributed by atoms with E-state index >= 15 is 0 Å². The van der Waals surface area contributed by atoms with Crippen LogP contribution in [0.2, 0.25) is 0 Å². The topological polar surface area (TPSA) is 40.5 Å². The number of benzene rings is 1. The van der Waals surface area contributed by atoms with Gasteiger partial charge >= 0.3 is 0 Å². The highest BCUT2D eigenvalue weighted by Gasteiger charge is 1.96. The van der Waals surface area contributed by atoms with Crippen molar-refractivity contribution in [2.24, 2.45) is 0 Å². The Hall–Kier alpha value is -0.670. The van der Waals surface area contributed by atoms with Crippen LogP contribution >= 0.6 is 11.8 Å². The van der Waals surface area contributed by atoms with Crippen molar-refractivity contribution in [3.8, 4) is 5.75 Å². The Morgan fingerprint density at radius 3 is 1.75 bits per heavy atom. The predicted octanol–water partition coefficient (Wildman–Crippen LogP) is 4.99.